The molecule has 10 nitrogen and oxygen atoms in total. The topological polar surface area (TPSA) is 125 Å². The van der Waals surface area contributed by atoms with Crippen LogP contribution >= 0.6 is 11.6 Å². The van der Waals surface area contributed by atoms with Gasteiger partial charge in [-0.05, 0) is 87.7 Å². The summed E-state index contributed by atoms with van der Waals surface area (Å²) >= 11 is 5.94. The van der Waals surface area contributed by atoms with Crippen molar-refractivity contribution in [2.75, 3.05) is 38.1 Å². The minimum atomic E-state index is -3.99. The van der Waals surface area contributed by atoms with Crippen molar-refractivity contribution in [1.29, 1.82) is 0 Å². The van der Waals surface area contributed by atoms with E-state index >= 15 is 0 Å². The Hall–Kier alpha value is -3.64. The van der Waals surface area contributed by atoms with Crippen molar-refractivity contribution in [3.05, 3.63) is 88.9 Å². The molecule has 47 heavy (non-hydrogen) atoms. The van der Waals surface area contributed by atoms with E-state index < -0.39 is 28.1 Å². The molecule has 4 atom stereocenters. The second-order valence-corrected chi connectivity index (χ2v) is 14.2. The van der Waals surface area contributed by atoms with Crippen LogP contribution in [-0.2, 0) is 14.8 Å². The van der Waals surface area contributed by atoms with Gasteiger partial charge in [-0.25, -0.2) is 8.42 Å². The summed E-state index contributed by atoms with van der Waals surface area (Å²) in [5.41, 5.74) is 0.908. The molecule has 0 spiro atoms. The lowest BCUT2D eigenvalue weighted by Crippen LogP contribution is -2.48. The van der Waals surface area contributed by atoms with Gasteiger partial charge in [-0.15, -0.1) is 0 Å². The Morgan fingerprint density at radius 3 is 2.47 bits per heavy atom. The molecule has 0 fully saturated rings. The molecule has 3 aromatic rings. The Balaban J connectivity index is 1.66. The van der Waals surface area contributed by atoms with E-state index in [4.69, 9.17) is 21.1 Å². The van der Waals surface area contributed by atoms with Crippen molar-refractivity contribution in [1.82, 2.24) is 9.80 Å². The number of carbonyl (C=O) groups is 2. The smallest absolute Gasteiger partial charge is 0.261 e. The van der Waals surface area contributed by atoms with E-state index in [-0.39, 0.29) is 47.2 Å². The van der Waals surface area contributed by atoms with Crippen molar-refractivity contribution in [3.63, 3.8) is 0 Å². The van der Waals surface area contributed by atoms with Gasteiger partial charge in [0.2, 0.25) is 0 Å². The van der Waals surface area contributed by atoms with Crippen molar-refractivity contribution >= 4 is 39.1 Å². The highest BCUT2D eigenvalue weighted by Gasteiger charge is 2.31. The third-order valence-electron chi connectivity index (χ3n) is 8.25. The number of fused-ring (bicyclic) bond motifs is 1. The highest BCUT2D eigenvalue weighted by Crippen LogP contribution is 2.30. The van der Waals surface area contributed by atoms with Gasteiger partial charge in [0.15, 0.2) is 0 Å². The molecular formula is C35H44ClN3O7S. The fraction of sp³-hybridized carbons (Fsp3) is 0.429. The number of aliphatic hydroxyl groups is 1. The summed E-state index contributed by atoms with van der Waals surface area (Å²) in [6, 6.07) is 18.8. The van der Waals surface area contributed by atoms with Crippen molar-refractivity contribution in [3.8, 4) is 5.75 Å². The molecule has 0 saturated heterocycles. The van der Waals surface area contributed by atoms with Crippen LogP contribution in [0.15, 0.2) is 77.7 Å². The van der Waals surface area contributed by atoms with Crippen LogP contribution in [0, 0.1) is 5.92 Å². The fourth-order valence-corrected chi connectivity index (χ4v) is 6.61. The Morgan fingerprint density at radius 2 is 1.79 bits per heavy atom. The van der Waals surface area contributed by atoms with Gasteiger partial charge < -0.3 is 24.4 Å². The zero-order valence-electron chi connectivity index (χ0n) is 27.3. The lowest BCUT2D eigenvalue weighted by atomic mass is 10.0. The molecule has 1 aliphatic heterocycles. The predicted octanol–water partition coefficient (Wildman–Crippen LogP) is 5.71. The van der Waals surface area contributed by atoms with Gasteiger partial charge in [-0.2, -0.15) is 0 Å². The molecule has 2 N–H and O–H groups in total. The number of benzene rings is 3. The third kappa shape index (κ3) is 9.70. The summed E-state index contributed by atoms with van der Waals surface area (Å²) in [5, 5.41) is 10.6. The third-order valence-corrected chi connectivity index (χ3v) is 9.90. The molecular weight excluding hydrogens is 642 g/mol. The summed E-state index contributed by atoms with van der Waals surface area (Å²) in [6.07, 6.45) is 1.65. The first-order chi connectivity index (χ1) is 22.4. The molecule has 4 rings (SSSR count). The van der Waals surface area contributed by atoms with Crippen LogP contribution in [0.5, 0.6) is 5.75 Å². The standard InChI is InChI=1S/C35H44ClN3O7S/c1-24-21-39(25(2)23-40)35(42)31-20-29(37-47(43,44)30-16-13-28(36)14-17-30)15-18-32(31)46-26(3)10-8-9-19-45-33(24)22-38(4)34(41)27-11-6-5-7-12-27/h5-7,11-18,20,24-26,33,37,40H,8-10,19,21-23H2,1-4H3/t24-,25-,26-,33+/m0/s1. The zero-order chi connectivity index (χ0) is 34.1. The highest BCUT2D eigenvalue weighted by atomic mass is 35.5. The van der Waals surface area contributed by atoms with Crippen LogP contribution in [-0.4, -0.2) is 86.7 Å². The van der Waals surface area contributed by atoms with Gasteiger partial charge in [0, 0.05) is 48.9 Å². The van der Waals surface area contributed by atoms with E-state index in [0.717, 1.165) is 12.8 Å². The molecule has 0 unspecified atom stereocenters. The van der Waals surface area contributed by atoms with Crippen LogP contribution < -0.4 is 9.46 Å². The number of amides is 2. The monoisotopic (exact) mass is 685 g/mol. The first-order valence-electron chi connectivity index (χ1n) is 15.8. The van der Waals surface area contributed by atoms with Gasteiger partial charge >= 0.3 is 0 Å². The average Bonchev–Trinajstić information content (AvgIpc) is 3.06. The Kier molecular flexibility index (Phi) is 12.7. The van der Waals surface area contributed by atoms with Gasteiger partial charge in [0.1, 0.15) is 5.75 Å². The number of halogens is 1. The molecule has 12 heteroatoms. The Bertz CT molecular complexity index is 1610. The maximum absolute atomic E-state index is 14.3. The summed E-state index contributed by atoms with van der Waals surface area (Å²) < 4.78 is 41.5. The number of nitrogens with zero attached hydrogens (tertiary/aromatic N) is 2. The number of ether oxygens (including phenoxy) is 2. The van der Waals surface area contributed by atoms with E-state index in [0.29, 0.717) is 35.9 Å². The largest absolute Gasteiger partial charge is 0.490 e. The van der Waals surface area contributed by atoms with Crippen LogP contribution in [0.3, 0.4) is 0 Å². The summed E-state index contributed by atoms with van der Waals surface area (Å²) in [6.45, 7) is 6.30. The first-order valence-corrected chi connectivity index (χ1v) is 17.7. The number of aliphatic hydroxyl groups excluding tert-OH is 1. The number of carbonyl (C=O) groups excluding carboxylic acids is 2. The molecule has 0 aromatic heterocycles. The maximum atomic E-state index is 14.3. The van der Waals surface area contributed by atoms with Crippen LogP contribution in [0.4, 0.5) is 5.69 Å². The molecule has 3 aromatic carbocycles. The second-order valence-electron chi connectivity index (χ2n) is 12.1. The highest BCUT2D eigenvalue weighted by molar-refractivity contribution is 7.92. The van der Waals surface area contributed by atoms with Crippen molar-refractivity contribution in [2.24, 2.45) is 5.92 Å². The lowest BCUT2D eigenvalue weighted by molar-refractivity contribution is -0.0149. The van der Waals surface area contributed by atoms with Crippen molar-refractivity contribution in [2.45, 2.75) is 63.2 Å². The molecule has 0 radical (unpaired) electrons. The van der Waals surface area contributed by atoms with Gasteiger partial charge in [-0.3, -0.25) is 14.3 Å². The molecule has 0 saturated carbocycles. The van der Waals surface area contributed by atoms with E-state index in [1.165, 1.54) is 30.3 Å². The Labute approximate surface area is 282 Å². The predicted molar refractivity (Wildman–Crippen MR) is 183 cm³/mol. The summed E-state index contributed by atoms with van der Waals surface area (Å²) in [7, 11) is -2.25. The Morgan fingerprint density at radius 1 is 1.09 bits per heavy atom. The van der Waals surface area contributed by atoms with Crippen molar-refractivity contribution < 1.29 is 32.6 Å². The first kappa shape index (κ1) is 36.2. The van der Waals surface area contributed by atoms with Crippen LogP contribution in [0.2, 0.25) is 5.02 Å². The summed E-state index contributed by atoms with van der Waals surface area (Å²) in [5.74, 6) is -0.488. The maximum Gasteiger partial charge on any atom is 0.261 e. The molecule has 0 aliphatic carbocycles. The quantitative estimate of drug-likeness (QED) is 0.311. The average molecular weight is 686 g/mol. The number of anilines is 1. The lowest BCUT2D eigenvalue weighted by Gasteiger charge is -2.36. The molecule has 0 bridgehead atoms. The fourth-order valence-electron chi connectivity index (χ4n) is 5.43. The number of likely N-dealkylation sites (N-methyl/N-ethyl adjacent to an activating group) is 1. The minimum absolute atomic E-state index is 0.0179. The van der Waals surface area contributed by atoms with Gasteiger partial charge in [0.05, 0.1) is 35.3 Å². The molecule has 1 heterocycles. The number of sulfonamides is 1. The number of rotatable bonds is 8. The second kappa shape index (κ2) is 16.5. The minimum Gasteiger partial charge on any atom is -0.490 e. The SMILES string of the molecule is C[C@H]1CCCCO[C@H](CN(C)C(=O)c2ccccc2)[C@@H](C)CN([C@@H](C)CO)C(=O)c2cc(NS(=O)(=O)c3ccc(Cl)cc3)ccc2O1. The van der Waals surface area contributed by atoms with Gasteiger partial charge in [-0.1, -0.05) is 36.7 Å². The normalized spacial score (nSPS) is 20.3. The van der Waals surface area contributed by atoms with Gasteiger partial charge in [0.25, 0.3) is 21.8 Å². The summed E-state index contributed by atoms with van der Waals surface area (Å²) in [4.78, 5) is 30.7. The van der Waals surface area contributed by atoms with Crippen LogP contribution in [0.1, 0.15) is 60.7 Å². The molecule has 254 valence electrons. The van der Waals surface area contributed by atoms with E-state index in [2.05, 4.69) is 4.72 Å². The van der Waals surface area contributed by atoms with E-state index in [1.54, 1.807) is 48.0 Å². The molecule has 1 aliphatic rings. The zero-order valence-corrected chi connectivity index (χ0v) is 28.8. The van der Waals surface area contributed by atoms with E-state index in [1.807, 2.05) is 32.0 Å². The molecule has 2 amide bonds. The van der Waals surface area contributed by atoms with E-state index in [9.17, 15) is 23.1 Å². The number of nitrogens with one attached hydrogen (secondary N) is 1. The number of hydrogen-bond acceptors (Lipinski definition) is 7. The van der Waals surface area contributed by atoms with Crippen LogP contribution in [0.25, 0.3) is 0 Å². The number of hydrogen-bond donors (Lipinski definition) is 2.